The third-order valence-electron chi connectivity index (χ3n) is 4.02. The van der Waals surface area contributed by atoms with E-state index in [-0.39, 0.29) is 0 Å². The fourth-order valence-electron chi connectivity index (χ4n) is 3.01. The summed E-state index contributed by atoms with van der Waals surface area (Å²) in [5.41, 5.74) is 1.33. The van der Waals surface area contributed by atoms with Gasteiger partial charge < -0.3 is 10.1 Å². The molecule has 0 amide bonds. The minimum absolute atomic E-state index is 0.454. The van der Waals surface area contributed by atoms with Gasteiger partial charge in [0.15, 0.2) is 0 Å². The SMILES string of the molecule is CC(C)CNCC(Cc1cccc(Cl)c1)CC1CCCO1. The highest BCUT2D eigenvalue weighted by molar-refractivity contribution is 6.30. The van der Waals surface area contributed by atoms with Crippen molar-refractivity contribution in [1.29, 1.82) is 0 Å². The highest BCUT2D eigenvalue weighted by Gasteiger charge is 2.21. The maximum absolute atomic E-state index is 6.10. The molecule has 118 valence electrons. The summed E-state index contributed by atoms with van der Waals surface area (Å²) in [6.45, 7) is 7.58. The van der Waals surface area contributed by atoms with E-state index in [9.17, 15) is 0 Å². The molecular weight excluding hydrogens is 282 g/mol. The number of nitrogens with one attached hydrogen (secondary N) is 1. The Morgan fingerprint density at radius 1 is 1.33 bits per heavy atom. The third-order valence-corrected chi connectivity index (χ3v) is 4.25. The van der Waals surface area contributed by atoms with Crippen LogP contribution in [-0.2, 0) is 11.2 Å². The number of hydrogen-bond donors (Lipinski definition) is 1. The molecule has 1 aromatic carbocycles. The minimum Gasteiger partial charge on any atom is -0.378 e. The van der Waals surface area contributed by atoms with Crippen LogP contribution < -0.4 is 5.32 Å². The minimum atomic E-state index is 0.454. The van der Waals surface area contributed by atoms with E-state index in [2.05, 4.69) is 31.3 Å². The molecule has 3 heteroatoms. The first-order valence-corrected chi connectivity index (χ1v) is 8.58. The van der Waals surface area contributed by atoms with E-state index in [1.165, 1.54) is 18.4 Å². The van der Waals surface area contributed by atoms with Crippen LogP contribution in [0.3, 0.4) is 0 Å². The van der Waals surface area contributed by atoms with Gasteiger partial charge in [0.05, 0.1) is 6.10 Å². The number of benzene rings is 1. The van der Waals surface area contributed by atoms with E-state index in [0.29, 0.717) is 17.9 Å². The molecule has 0 radical (unpaired) electrons. The van der Waals surface area contributed by atoms with Crippen molar-refractivity contribution in [1.82, 2.24) is 5.32 Å². The normalized spacial score (nSPS) is 20.1. The van der Waals surface area contributed by atoms with E-state index in [1.807, 2.05) is 12.1 Å². The largest absolute Gasteiger partial charge is 0.378 e. The van der Waals surface area contributed by atoms with Crippen molar-refractivity contribution >= 4 is 11.6 Å². The Labute approximate surface area is 134 Å². The average Bonchev–Trinajstić information content (AvgIpc) is 2.91. The Balaban J connectivity index is 1.89. The first-order valence-electron chi connectivity index (χ1n) is 8.20. The molecule has 1 fully saturated rings. The van der Waals surface area contributed by atoms with Gasteiger partial charge in [0.25, 0.3) is 0 Å². The van der Waals surface area contributed by atoms with Gasteiger partial charge in [0.2, 0.25) is 0 Å². The maximum Gasteiger partial charge on any atom is 0.0579 e. The molecule has 21 heavy (non-hydrogen) atoms. The second kappa shape index (κ2) is 8.77. The van der Waals surface area contributed by atoms with Gasteiger partial charge in [-0.25, -0.2) is 0 Å². The monoisotopic (exact) mass is 309 g/mol. The van der Waals surface area contributed by atoms with Gasteiger partial charge >= 0.3 is 0 Å². The maximum atomic E-state index is 6.10. The van der Waals surface area contributed by atoms with Crippen LogP contribution in [0.15, 0.2) is 24.3 Å². The van der Waals surface area contributed by atoms with Crippen molar-refractivity contribution in [2.45, 2.75) is 45.6 Å². The number of halogens is 1. The lowest BCUT2D eigenvalue weighted by Crippen LogP contribution is -2.29. The molecule has 0 saturated carbocycles. The van der Waals surface area contributed by atoms with Gasteiger partial charge in [0.1, 0.15) is 0 Å². The summed E-state index contributed by atoms with van der Waals surface area (Å²) in [4.78, 5) is 0. The van der Waals surface area contributed by atoms with Crippen LogP contribution in [0, 0.1) is 11.8 Å². The fourth-order valence-corrected chi connectivity index (χ4v) is 3.23. The van der Waals surface area contributed by atoms with Crippen LogP contribution in [-0.4, -0.2) is 25.8 Å². The Morgan fingerprint density at radius 3 is 2.86 bits per heavy atom. The second-order valence-electron chi connectivity index (χ2n) is 6.62. The molecule has 1 heterocycles. The molecule has 2 nitrogen and oxygen atoms in total. The van der Waals surface area contributed by atoms with E-state index in [4.69, 9.17) is 16.3 Å². The van der Waals surface area contributed by atoms with Crippen molar-refractivity contribution < 1.29 is 4.74 Å². The number of rotatable bonds is 8. The predicted molar refractivity (Wildman–Crippen MR) is 89.9 cm³/mol. The summed E-state index contributed by atoms with van der Waals surface area (Å²) in [5.74, 6) is 1.31. The number of ether oxygens (including phenoxy) is 1. The molecule has 2 unspecified atom stereocenters. The molecule has 2 atom stereocenters. The first-order chi connectivity index (χ1) is 10.1. The van der Waals surface area contributed by atoms with E-state index in [1.54, 1.807) is 0 Å². The van der Waals surface area contributed by atoms with Crippen LogP contribution in [0.5, 0.6) is 0 Å². The zero-order valence-electron chi connectivity index (χ0n) is 13.3. The first kappa shape index (κ1) is 16.8. The smallest absolute Gasteiger partial charge is 0.0579 e. The molecule has 2 rings (SSSR count). The summed E-state index contributed by atoms with van der Waals surface area (Å²) in [6.07, 6.45) is 5.11. The summed E-state index contributed by atoms with van der Waals surface area (Å²) < 4.78 is 5.82. The fraction of sp³-hybridized carbons (Fsp3) is 0.667. The summed E-state index contributed by atoms with van der Waals surface area (Å²) in [7, 11) is 0. The zero-order valence-corrected chi connectivity index (χ0v) is 14.0. The molecule has 1 aliphatic rings. The highest BCUT2D eigenvalue weighted by Crippen LogP contribution is 2.23. The van der Waals surface area contributed by atoms with Crippen LogP contribution in [0.25, 0.3) is 0 Å². The molecule has 0 bridgehead atoms. The summed E-state index contributed by atoms with van der Waals surface area (Å²) in [5, 5.41) is 4.44. The van der Waals surface area contributed by atoms with Crippen molar-refractivity contribution in [3.05, 3.63) is 34.9 Å². The van der Waals surface area contributed by atoms with Crippen molar-refractivity contribution in [3.8, 4) is 0 Å². The lowest BCUT2D eigenvalue weighted by Gasteiger charge is -2.22. The Morgan fingerprint density at radius 2 is 2.19 bits per heavy atom. The van der Waals surface area contributed by atoms with Crippen LogP contribution in [0.2, 0.25) is 5.02 Å². The van der Waals surface area contributed by atoms with Gasteiger partial charge in [0, 0.05) is 11.6 Å². The molecular formula is C18H28ClNO. The van der Waals surface area contributed by atoms with Gasteiger partial charge in [-0.1, -0.05) is 37.6 Å². The Kier molecular flexibility index (Phi) is 7.01. The lowest BCUT2D eigenvalue weighted by atomic mass is 9.92. The average molecular weight is 310 g/mol. The lowest BCUT2D eigenvalue weighted by molar-refractivity contribution is 0.0891. The van der Waals surface area contributed by atoms with E-state index < -0.39 is 0 Å². The second-order valence-corrected chi connectivity index (χ2v) is 7.06. The topological polar surface area (TPSA) is 21.3 Å². The van der Waals surface area contributed by atoms with Crippen LogP contribution in [0.1, 0.15) is 38.7 Å². The molecule has 1 saturated heterocycles. The van der Waals surface area contributed by atoms with E-state index >= 15 is 0 Å². The Bertz CT molecular complexity index is 415. The van der Waals surface area contributed by atoms with Gasteiger partial charge in [-0.15, -0.1) is 0 Å². The molecule has 1 aliphatic heterocycles. The number of hydrogen-bond acceptors (Lipinski definition) is 2. The summed E-state index contributed by atoms with van der Waals surface area (Å²) >= 11 is 6.10. The quantitative estimate of drug-likeness (QED) is 0.772. The highest BCUT2D eigenvalue weighted by atomic mass is 35.5. The van der Waals surface area contributed by atoms with Crippen molar-refractivity contribution in [3.63, 3.8) is 0 Å². The molecule has 0 spiro atoms. The van der Waals surface area contributed by atoms with Crippen molar-refractivity contribution in [2.24, 2.45) is 11.8 Å². The van der Waals surface area contributed by atoms with Crippen LogP contribution >= 0.6 is 11.6 Å². The molecule has 0 aliphatic carbocycles. The van der Waals surface area contributed by atoms with Gasteiger partial charge in [-0.3, -0.25) is 0 Å². The predicted octanol–water partition coefficient (Wildman–Crippen LogP) is 4.31. The molecule has 1 aromatic rings. The zero-order chi connectivity index (χ0) is 15.1. The third kappa shape index (κ3) is 6.37. The Hall–Kier alpha value is -0.570. The molecule has 1 N–H and O–H groups in total. The van der Waals surface area contributed by atoms with Gasteiger partial charge in [-0.05, 0) is 68.3 Å². The summed E-state index contributed by atoms with van der Waals surface area (Å²) in [6, 6.07) is 8.25. The standard InChI is InChI=1S/C18H28ClNO/c1-14(2)12-20-13-16(11-18-7-4-8-21-18)9-15-5-3-6-17(19)10-15/h3,5-6,10,14,16,18,20H,4,7-9,11-13H2,1-2H3. The van der Waals surface area contributed by atoms with Gasteiger partial charge in [-0.2, -0.15) is 0 Å². The van der Waals surface area contributed by atoms with Crippen LogP contribution in [0.4, 0.5) is 0 Å². The molecule has 0 aromatic heterocycles. The van der Waals surface area contributed by atoms with Crippen molar-refractivity contribution in [2.75, 3.05) is 19.7 Å². The van der Waals surface area contributed by atoms with E-state index in [0.717, 1.165) is 37.6 Å².